The third-order valence-corrected chi connectivity index (χ3v) is 2.55. The molecule has 1 saturated heterocycles. The quantitative estimate of drug-likeness (QED) is 0.483. The molecule has 0 atom stereocenters. The summed E-state index contributed by atoms with van der Waals surface area (Å²) in [7, 11) is 0. The molecule has 1 rings (SSSR count). The Balaban J connectivity index is 1.97. The highest BCUT2D eigenvalue weighted by Crippen LogP contribution is 2.13. The summed E-state index contributed by atoms with van der Waals surface area (Å²) in [4.78, 5) is 23.5. The van der Waals surface area contributed by atoms with Crippen molar-refractivity contribution in [2.75, 3.05) is 32.8 Å². The lowest BCUT2D eigenvalue weighted by Gasteiger charge is -2.37. The van der Waals surface area contributed by atoms with E-state index in [4.69, 9.17) is 10.2 Å². The molecule has 0 unspecified atom stereocenters. The fourth-order valence-electron chi connectivity index (χ4n) is 1.65. The first kappa shape index (κ1) is 12.9. The first-order chi connectivity index (χ1) is 7.61. The van der Waals surface area contributed by atoms with E-state index in [9.17, 15) is 9.59 Å². The summed E-state index contributed by atoms with van der Waals surface area (Å²) in [5.41, 5.74) is 0. The van der Waals surface area contributed by atoms with Gasteiger partial charge >= 0.3 is 5.97 Å². The molecule has 6 heteroatoms. The number of likely N-dealkylation sites (tertiary alicyclic amines) is 1. The Morgan fingerprint density at radius 1 is 1.38 bits per heavy atom. The van der Waals surface area contributed by atoms with Crippen molar-refractivity contribution < 1.29 is 19.8 Å². The number of nitrogens with zero attached hydrogens (tertiary/aromatic N) is 1. The van der Waals surface area contributed by atoms with Crippen LogP contribution in [0.25, 0.3) is 0 Å². The van der Waals surface area contributed by atoms with Crippen LogP contribution in [0.2, 0.25) is 0 Å². The maximum atomic E-state index is 11.3. The maximum absolute atomic E-state index is 11.3. The highest BCUT2D eigenvalue weighted by Gasteiger charge is 2.26. The molecule has 1 heterocycles. The Labute approximate surface area is 94.2 Å². The lowest BCUT2D eigenvalue weighted by atomic mass is 10.0. The van der Waals surface area contributed by atoms with Gasteiger partial charge < -0.3 is 15.5 Å². The van der Waals surface area contributed by atoms with Gasteiger partial charge in [-0.3, -0.25) is 14.5 Å². The van der Waals surface area contributed by atoms with Crippen LogP contribution in [0.1, 0.15) is 12.8 Å². The molecule has 1 aliphatic rings. The van der Waals surface area contributed by atoms with Gasteiger partial charge in [-0.05, 0) is 6.42 Å². The van der Waals surface area contributed by atoms with Crippen LogP contribution < -0.4 is 5.32 Å². The molecule has 0 aromatic heterocycles. The van der Waals surface area contributed by atoms with Gasteiger partial charge in [0.05, 0.1) is 6.54 Å². The molecule has 92 valence electrons. The van der Waals surface area contributed by atoms with E-state index in [0.29, 0.717) is 25.4 Å². The first-order valence-corrected chi connectivity index (χ1v) is 5.43. The monoisotopic (exact) mass is 230 g/mol. The molecule has 0 spiro atoms. The van der Waals surface area contributed by atoms with Crippen molar-refractivity contribution in [3.63, 3.8) is 0 Å². The predicted molar refractivity (Wildman–Crippen MR) is 56.9 cm³/mol. The third kappa shape index (κ3) is 4.59. The largest absolute Gasteiger partial charge is 0.481 e. The minimum atomic E-state index is -0.845. The van der Waals surface area contributed by atoms with Crippen LogP contribution in [-0.4, -0.2) is 59.8 Å². The first-order valence-electron chi connectivity index (χ1n) is 5.43. The van der Waals surface area contributed by atoms with Crippen molar-refractivity contribution in [3.8, 4) is 0 Å². The number of carbonyl (C=O) groups is 2. The van der Waals surface area contributed by atoms with Gasteiger partial charge in [0.25, 0.3) is 0 Å². The molecule has 0 aromatic rings. The van der Waals surface area contributed by atoms with Gasteiger partial charge in [-0.15, -0.1) is 0 Å². The van der Waals surface area contributed by atoms with Crippen LogP contribution in [0.4, 0.5) is 0 Å². The normalized spacial score (nSPS) is 16.8. The molecule has 1 amide bonds. The summed E-state index contributed by atoms with van der Waals surface area (Å²) in [5, 5.41) is 19.8. The van der Waals surface area contributed by atoms with Gasteiger partial charge in [-0.1, -0.05) is 0 Å². The molecule has 16 heavy (non-hydrogen) atoms. The Bertz CT molecular complexity index is 251. The zero-order chi connectivity index (χ0) is 12.0. The Hall–Kier alpha value is -1.14. The molecule has 0 aliphatic carbocycles. The summed E-state index contributed by atoms with van der Waals surface area (Å²) in [6, 6.07) is 0. The highest BCUT2D eigenvalue weighted by molar-refractivity contribution is 5.78. The number of aliphatic hydroxyl groups excluding tert-OH is 1. The predicted octanol–water partition coefficient (Wildman–Crippen LogP) is -1.11. The van der Waals surface area contributed by atoms with Gasteiger partial charge in [0.1, 0.15) is 0 Å². The van der Waals surface area contributed by atoms with Crippen LogP contribution in [-0.2, 0) is 9.59 Å². The van der Waals surface area contributed by atoms with E-state index in [2.05, 4.69) is 5.32 Å². The van der Waals surface area contributed by atoms with E-state index in [-0.39, 0.29) is 18.9 Å². The molecule has 0 saturated carbocycles. The van der Waals surface area contributed by atoms with Crippen molar-refractivity contribution in [2.45, 2.75) is 12.8 Å². The molecular weight excluding hydrogens is 212 g/mol. The molecule has 0 bridgehead atoms. The number of carbonyl (C=O) groups excluding carboxylic acids is 1. The summed E-state index contributed by atoms with van der Waals surface area (Å²) < 4.78 is 0. The zero-order valence-corrected chi connectivity index (χ0v) is 9.19. The van der Waals surface area contributed by atoms with Crippen molar-refractivity contribution in [1.29, 1.82) is 0 Å². The number of hydrogen-bond donors (Lipinski definition) is 3. The Kier molecular flexibility index (Phi) is 5.21. The molecule has 0 radical (unpaired) electrons. The summed E-state index contributed by atoms with van der Waals surface area (Å²) in [6.45, 7) is 2.45. The van der Waals surface area contributed by atoms with Gasteiger partial charge in [0.2, 0.25) is 5.91 Å². The lowest BCUT2D eigenvalue weighted by molar-refractivity contribution is -0.137. The van der Waals surface area contributed by atoms with Crippen LogP contribution >= 0.6 is 0 Å². The van der Waals surface area contributed by atoms with Gasteiger partial charge in [-0.2, -0.15) is 0 Å². The van der Waals surface area contributed by atoms with Crippen LogP contribution in [0.5, 0.6) is 0 Å². The number of amides is 1. The van der Waals surface area contributed by atoms with Crippen LogP contribution in [0.3, 0.4) is 0 Å². The van der Waals surface area contributed by atoms with Crippen molar-refractivity contribution in [3.05, 3.63) is 0 Å². The second-order valence-corrected chi connectivity index (χ2v) is 4.09. The second kappa shape index (κ2) is 6.44. The minimum absolute atomic E-state index is 0.0799. The third-order valence-electron chi connectivity index (χ3n) is 2.55. The smallest absolute Gasteiger partial charge is 0.303 e. The molecule has 1 aliphatic heterocycles. The van der Waals surface area contributed by atoms with E-state index in [1.807, 2.05) is 4.90 Å². The number of rotatable bonds is 7. The Morgan fingerprint density at radius 3 is 2.62 bits per heavy atom. The number of aliphatic carboxylic acids is 1. The number of nitrogens with one attached hydrogen (secondary N) is 1. The lowest BCUT2D eigenvalue weighted by Crippen LogP contribution is -2.52. The van der Waals surface area contributed by atoms with Crippen molar-refractivity contribution >= 4 is 11.9 Å². The van der Waals surface area contributed by atoms with E-state index < -0.39 is 5.97 Å². The molecule has 0 aromatic carbocycles. The highest BCUT2D eigenvalue weighted by atomic mass is 16.4. The number of carboxylic acids is 1. The molecule has 3 N–H and O–H groups in total. The van der Waals surface area contributed by atoms with Gasteiger partial charge in [-0.25, -0.2) is 0 Å². The number of hydrogen-bond acceptors (Lipinski definition) is 4. The topological polar surface area (TPSA) is 89.9 Å². The van der Waals surface area contributed by atoms with E-state index in [1.54, 1.807) is 0 Å². The SMILES string of the molecule is O=C(O)CCCNC(=O)CN1CC(CO)C1. The molecule has 6 nitrogen and oxygen atoms in total. The van der Waals surface area contributed by atoms with E-state index in [1.165, 1.54) is 0 Å². The molecular formula is C10H18N2O4. The summed E-state index contributed by atoms with van der Waals surface area (Å²) in [6.07, 6.45) is 0.539. The summed E-state index contributed by atoms with van der Waals surface area (Å²) >= 11 is 0. The number of carboxylic acid groups (broad SMARTS) is 1. The van der Waals surface area contributed by atoms with Gasteiger partial charge in [0, 0.05) is 38.6 Å². The maximum Gasteiger partial charge on any atom is 0.303 e. The van der Waals surface area contributed by atoms with Crippen LogP contribution in [0.15, 0.2) is 0 Å². The Morgan fingerprint density at radius 2 is 2.06 bits per heavy atom. The van der Waals surface area contributed by atoms with Crippen LogP contribution in [0, 0.1) is 5.92 Å². The van der Waals surface area contributed by atoms with Crippen molar-refractivity contribution in [2.24, 2.45) is 5.92 Å². The van der Waals surface area contributed by atoms with Crippen molar-refractivity contribution in [1.82, 2.24) is 10.2 Å². The fraction of sp³-hybridized carbons (Fsp3) is 0.800. The van der Waals surface area contributed by atoms with E-state index in [0.717, 1.165) is 13.1 Å². The average Bonchev–Trinajstić information content (AvgIpc) is 2.17. The summed E-state index contributed by atoms with van der Waals surface area (Å²) in [5.74, 6) is -0.621. The van der Waals surface area contributed by atoms with E-state index >= 15 is 0 Å². The number of aliphatic hydroxyl groups is 1. The standard InChI is InChI=1S/C10H18N2O4/c13-7-8-4-12(5-8)6-9(14)11-3-1-2-10(15)16/h8,13H,1-7H2,(H,11,14)(H,15,16). The second-order valence-electron chi connectivity index (χ2n) is 4.09. The average molecular weight is 230 g/mol. The van der Waals surface area contributed by atoms with Gasteiger partial charge in [0.15, 0.2) is 0 Å². The zero-order valence-electron chi connectivity index (χ0n) is 9.19. The minimum Gasteiger partial charge on any atom is -0.481 e. The fourth-order valence-corrected chi connectivity index (χ4v) is 1.65. The molecule has 1 fully saturated rings.